The van der Waals surface area contributed by atoms with Gasteiger partial charge >= 0.3 is 5.97 Å². The van der Waals surface area contributed by atoms with Crippen LogP contribution in [0.25, 0.3) is 0 Å². The van der Waals surface area contributed by atoms with Crippen LogP contribution in [0.1, 0.15) is 28.8 Å². The largest absolute Gasteiger partial charge is 0.480 e. The highest BCUT2D eigenvalue weighted by molar-refractivity contribution is 7.09. The summed E-state index contributed by atoms with van der Waals surface area (Å²) in [4.78, 5) is 81.4. The molecule has 3 aromatic rings. The van der Waals surface area contributed by atoms with E-state index in [0.29, 0.717) is 16.8 Å². The molecule has 6 N–H and O–H groups in total. The number of hydrogen-bond donors (Lipinski definition) is 6. The Kier molecular flexibility index (Phi) is 11.1. The highest BCUT2D eigenvalue weighted by Gasteiger charge is 2.28. The molecule has 5 amide bonds. The van der Waals surface area contributed by atoms with E-state index < -0.39 is 60.2 Å². The number of fused-ring (bicyclic) bond motifs is 18. The molecule has 3 atom stereocenters. The Hall–Kier alpha value is -5.11. The van der Waals surface area contributed by atoms with Crippen molar-refractivity contribution in [1.82, 2.24) is 26.3 Å². The third-order valence-corrected chi connectivity index (χ3v) is 7.67. The van der Waals surface area contributed by atoms with Crippen LogP contribution in [0.4, 0.5) is 5.69 Å². The minimum Gasteiger partial charge on any atom is -0.480 e. The first-order valence-electron chi connectivity index (χ1n) is 13.9. The molecule has 2 aromatic heterocycles. The molecule has 2 aliphatic heterocycles. The van der Waals surface area contributed by atoms with E-state index in [0.717, 1.165) is 4.88 Å². The van der Waals surface area contributed by atoms with Gasteiger partial charge in [0.05, 0.1) is 6.54 Å². The number of pyridine rings is 1. The lowest BCUT2D eigenvalue weighted by Gasteiger charge is -2.22. The van der Waals surface area contributed by atoms with Crippen molar-refractivity contribution in [3.63, 3.8) is 0 Å². The van der Waals surface area contributed by atoms with Gasteiger partial charge in [0.15, 0.2) is 0 Å². The van der Waals surface area contributed by atoms with Crippen LogP contribution in [0, 0.1) is 0 Å². The second-order valence-corrected chi connectivity index (χ2v) is 11.2. The van der Waals surface area contributed by atoms with Crippen LogP contribution in [-0.2, 0) is 48.0 Å². The smallest absolute Gasteiger partial charge is 0.326 e. The predicted molar refractivity (Wildman–Crippen MR) is 160 cm³/mol. The third kappa shape index (κ3) is 9.73. The molecular weight excluding hydrogens is 588 g/mol. The summed E-state index contributed by atoms with van der Waals surface area (Å²) >= 11 is 1.40. The van der Waals surface area contributed by atoms with E-state index in [1.807, 2.05) is 11.4 Å². The number of carbonyl (C=O) groups excluding carboxylic acids is 5. The highest BCUT2D eigenvalue weighted by Crippen LogP contribution is 2.14. The SMILES string of the molecule is O=C1CCC(=O)N[C@H](Cc2cccs2)C(=O)NCC(=O)N[C@@H](Cc2ccncc2)C(=O)N[C@H](C(=O)O)Cc2ccc(cc2)N1. The number of anilines is 1. The van der Waals surface area contributed by atoms with Crippen LogP contribution < -0.4 is 26.6 Å². The van der Waals surface area contributed by atoms with E-state index in [4.69, 9.17) is 0 Å². The second kappa shape index (κ2) is 15.4. The number of aromatic nitrogens is 1. The fourth-order valence-corrected chi connectivity index (χ4v) is 5.24. The lowest BCUT2D eigenvalue weighted by atomic mass is 10.0. The molecule has 1 aromatic carbocycles. The maximum absolute atomic E-state index is 13.3. The number of benzene rings is 1. The number of carboxylic acids is 1. The van der Waals surface area contributed by atoms with E-state index in [2.05, 4.69) is 31.6 Å². The zero-order valence-corrected chi connectivity index (χ0v) is 24.4. The summed E-state index contributed by atoms with van der Waals surface area (Å²) in [7, 11) is 0. The molecule has 0 saturated heterocycles. The Balaban J connectivity index is 1.58. The number of carbonyl (C=O) groups is 6. The summed E-state index contributed by atoms with van der Waals surface area (Å²) in [6, 6.07) is 9.84. The molecular formula is C30H32N6O7S. The van der Waals surface area contributed by atoms with Gasteiger partial charge in [0.25, 0.3) is 0 Å². The Morgan fingerprint density at radius 3 is 2.18 bits per heavy atom. The number of carboxylic acid groups (broad SMARTS) is 1. The van der Waals surface area contributed by atoms with Crippen molar-refractivity contribution < 1.29 is 33.9 Å². The minimum absolute atomic E-state index is 0.0336. The van der Waals surface area contributed by atoms with E-state index in [-0.39, 0.29) is 32.1 Å². The molecule has 0 fully saturated rings. The van der Waals surface area contributed by atoms with Crippen molar-refractivity contribution in [3.8, 4) is 0 Å². The maximum Gasteiger partial charge on any atom is 0.326 e. The molecule has 2 aliphatic rings. The van der Waals surface area contributed by atoms with Gasteiger partial charge in [0.1, 0.15) is 18.1 Å². The summed E-state index contributed by atoms with van der Waals surface area (Å²) < 4.78 is 0. The van der Waals surface area contributed by atoms with Gasteiger partial charge in [0, 0.05) is 55.1 Å². The number of aliphatic carboxylic acids is 1. The molecule has 5 rings (SSSR count). The summed E-state index contributed by atoms with van der Waals surface area (Å²) in [5.74, 6) is -4.27. The number of nitrogens with zero attached hydrogens (tertiary/aromatic N) is 1. The van der Waals surface area contributed by atoms with Crippen LogP contribution in [0.5, 0.6) is 0 Å². The number of hydrogen-bond acceptors (Lipinski definition) is 8. The average Bonchev–Trinajstić information content (AvgIpc) is 3.52. The molecule has 0 unspecified atom stereocenters. The zero-order chi connectivity index (χ0) is 31.5. The topological polar surface area (TPSA) is 196 Å². The van der Waals surface area contributed by atoms with Crippen LogP contribution >= 0.6 is 11.3 Å². The van der Waals surface area contributed by atoms with Crippen molar-refractivity contribution in [2.75, 3.05) is 11.9 Å². The second-order valence-electron chi connectivity index (χ2n) is 10.1. The number of amides is 5. The van der Waals surface area contributed by atoms with E-state index >= 15 is 0 Å². The van der Waals surface area contributed by atoms with E-state index in [1.54, 1.807) is 42.5 Å². The number of rotatable bonds is 5. The Morgan fingerprint density at radius 2 is 1.50 bits per heavy atom. The predicted octanol–water partition coefficient (Wildman–Crippen LogP) is 0.559. The Morgan fingerprint density at radius 1 is 0.818 bits per heavy atom. The van der Waals surface area contributed by atoms with Gasteiger partial charge < -0.3 is 31.7 Å². The Labute approximate surface area is 256 Å². The average molecular weight is 621 g/mol. The normalized spacial score (nSPS) is 20.7. The molecule has 0 radical (unpaired) electrons. The van der Waals surface area contributed by atoms with Gasteiger partial charge in [-0.1, -0.05) is 18.2 Å². The lowest BCUT2D eigenvalue weighted by Crippen LogP contribution is -2.55. The van der Waals surface area contributed by atoms with Crippen LogP contribution in [0.2, 0.25) is 0 Å². The molecule has 2 bridgehead atoms. The molecule has 0 saturated carbocycles. The summed E-state index contributed by atoms with van der Waals surface area (Å²) in [6.07, 6.45) is 2.87. The summed E-state index contributed by atoms with van der Waals surface area (Å²) in [5, 5.41) is 24.6. The van der Waals surface area contributed by atoms with Gasteiger partial charge in [-0.3, -0.25) is 29.0 Å². The van der Waals surface area contributed by atoms with Crippen molar-refractivity contribution >= 4 is 52.5 Å². The van der Waals surface area contributed by atoms with Crippen molar-refractivity contribution in [2.45, 2.75) is 50.2 Å². The quantitative estimate of drug-likeness (QED) is 0.223. The number of nitrogens with one attached hydrogen (secondary N) is 5. The maximum atomic E-state index is 13.3. The summed E-state index contributed by atoms with van der Waals surface area (Å²) in [6.45, 7) is -0.507. The van der Waals surface area contributed by atoms with Crippen LogP contribution in [-0.4, -0.2) is 70.3 Å². The standard InChI is InChI=1S/C30H32N6O7S/c37-25-7-8-26(38)34-23(16-21-2-1-13-44-21)28(40)32-17-27(39)35-22(14-19-9-11-31-12-10-19)29(41)36-24(30(42)43)15-18-3-5-20(33-25)6-4-18/h1-6,9-13,22-24H,7-8,14-17H2,(H,32,40)(H,33,37)(H,34,38)(H,35,39)(H,36,41)(H,42,43)/t22-,23+,24-/m0/s1. The van der Waals surface area contributed by atoms with Crippen molar-refractivity contribution in [1.29, 1.82) is 0 Å². The Bertz CT molecular complexity index is 1480. The molecule has 14 heteroatoms. The van der Waals surface area contributed by atoms with Gasteiger partial charge in [-0.25, -0.2) is 4.79 Å². The first-order valence-corrected chi connectivity index (χ1v) is 14.7. The molecule has 230 valence electrons. The van der Waals surface area contributed by atoms with E-state index in [1.165, 1.54) is 23.7 Å². The van der Waals surface area contributed by atoms with Gasteiger partial charge in [0.2, 0.25) is 29.5 Å². The molecule has 4 heterocycles. The molecule has 44 heavy (non-hydrogen) atoms. The monoisotopic (exact) mass is 620 g/mol. The zero-order valence-electron chi connectivity index (χ0n) is 23.6. The fraction of sp³-hybridized carbons (Fsp3) is 0.300. The third-order valence-electron chi connectivity index (χ3n) is 6.77. The van der Waals surface area contributed by atoms with Crippen molar-refractivity contribution in [3.05, 3.63) is 82.3 Å². The van der Waals surface area contributed by atoms with Gasteiger partial charge in [-0.05, 0) is 46.8 Å². The molecule has 13 nitrogen and oxygen atoms in total. The van der Waals surface area contributed by atoms with Gasteiger partial charge in [-0.15, -0.1) is 11.3 Å². The van der Waals surface area contributed by atoms with Gasteiger partial charge in [-0.2, -0.15) is 0 Å². The van der Waals surface area contributed by atoms with E-state index in [9.17, 15) is 33.9 Å². The fourth-order valence-electron chi connectivity index (χ4n) is 4.49. The van der Waals surface area contributed by atoms with Crippen LogP contribution in [0.3, 0.4) is 0 Å². The van der Waals surface area contributed by atoms with Crippen molar-refractivity contribution in [2.24, 2.45) is 0 Å². The molecule has 0 aliphatic carbocycles. The number of thiophene rings is 1. The summed E-state index contributed by atoms with van der Waals surface area (Å²) in [5.41, 5.74) is 1.68. The molecule has 0 spiro atoms. The first-order chi connectivity index (χ1) is 21.2. The van der Waals surface area contributed by atoms with Crippen LogP contribution in [0.15, 0.2) is 66.3 Å². The highest BCUT2D eigenvalue weighted by atomic mass is 32.1. The minimum atomic E-state index is -1.32. The first kappa shape index (κ1) is 31.8. The lowest BCUT2D eigenvalue weighted by molar-refractivity contribution is -0.142.